The molecular weight excluding hydrogens is 311 g/mol. The lowest BCUT2D eigenvalue weighted by Crippen LogP contribution is -2.48. The van der Waals surface area contributed by atoms with Gasteiger partial charge in [-0.05, 0) is 50.3 Å². The molecule has 2 heterocycles. The van der Waals surface area contributed by atoms with Crippen LogP contribution >= 0.6 is 0 Å². The van der Waals surface area contributed by atoms with Gasteiger partial charge in [0.05, 0.1) is 24.3 Å². The van der Waals surface area contributed by atoms with Crippen LogP contribution in [0.5, 0.6) is 0 Å². The average Bonchev–Trinajstić information content (AvgIpc) is 3.27. The quantitative estimate of drug-likeness (QED) is 0.869. The van der Waals surface area contributed by atoms with Crippen molar-refractivity contribution in [2.75, 3.05) is 13.2 Å². The fourth-order valence-electron chi connectivity index (χ4n) is 3.41. The molecule has 2 amide bonds. The van der Waals surface area contributed by atoms with Crippen molar-refractivity contribution in [3.8, 4) is 0 Å². The number of amides is 2. The predicted octanol–water partition coefficient (Wildman–Crippen LogP) is 2.91. The lowest BCUT2D eigenvalue weighted by molar-refractivity contribution is 0.0758. The van der Waals surface area contributed by atoms with Crippen LogP contribution < -0.4 is 10.6 Å². The maximum absolute atomic E-state index is 13.2. The predicted molar refractivity (Wildman–Crippen MR) is 88.2 cm³/mol. The minimum Gasteiger partial charge on any atom is -0.376 e. The lowest BCUT2D eigenvalue weighted by Gasteiger charge is -2.27. The van der Waals surface area contributed by atoms with Gasteiger partial charge in [0.1, 0.15) is 5.82 Å². The molecule has 2 aliphatic heterocycles. The van der Waals surface area contributed by atoms with E-state index in [1.54, 1.807) is 12.1 Å². The molecule has 0 spiro atoms. The smallest absolute Gasteiger partial charge is 0.315 e. The summed E-state index contributed by atoms with van der Waals surface area (Å²) >= 11 is 0. The van der Waals surface area contributed by atoms with Gasteiger partial charge in [-0.1, -0.05) is 12.1 Å². The first kappa shape index (κ1) is 17.2. The van der Waals surface area contributed by atoms with E-state index in [0.29, 0.717) is 6.61 Å². The number of benzene rings is 1. The van der Waals surface area contributed by atoms with E-state index >= 15 is 0 Å². The third kappa shape index (κ3) is 4.24. The molecular formula is C18H25FN2O3. The fraction of sp³-hybridized carbons (Fsp3) is 0.611. The van der Waals surface area contributed by atoms with Crippen molar-refractivity contribution in [1.29, 1.82) is 0 Å². The SMILES string of the molecule is C[C@H](NC(=O)N[C@H](c1ccc(F)cc1)[C@@H]1CCCO1)[C@H]1CCCO1. The summed E-state index contributed by atoms with van der Waals surface area (Å²) in [6.45, 7) is 3.40. The van der Waals surface area contributed by atoms with E-state index in [-0.39, 0.29) is 36.1 Å². The molecule has 0 saturated carbocycles. The van der Waals surface area contributed by atoms with Gasteiger partial charge >= 0.3 is 6.03 Å². The normalized spacial score (nSPS) is 26.1. The van der Waals surface area contributed by atoms with E-state index in [2.05, 4.69) is 10.6 Å². The zero-order chi connectivity index (χ0) is 16.9. The second-order valence-electron chi connectivity index (χ2n) is 6.54. The largest absolute Gasteiger partial charge is 0.376 e. The van der Waals surface area contributed by atoms with E-state index < -0.39 is 0 Å². The maximum Gasteiger partial charge on any atom is 0.315 e. The Morgan fingerprint density at radius 1 is 1.08 bits per heavy atom. The van der Waals surface area contributed by atoms with Gasteiger partial charge in [0.2, 0.25) is 0 Å². The first-order valence-electron chi connectivity index (χ1n) is 8.69. The molecule has 2 saturated heterocycles. The summed E-state index contributed by atoms with van der Waals surface area (Å²) in [5, 5.41) is 5.95. The highest BCUT2D eigenvalue weighted by atomic mass is 19.1. The summed E-state index contributed by atoms with van der Waals surface area (Å²) < 4.78 is 24.5. The summed E-state index contributed by atoms with van der Waals surface area (Å²) in [4.78, 5) is 12.4. The van der Waals surface area contributed by atoms with Crippen molar-refractivity contribution < 1.29 is 18.7 Å². The summed E-state index contributed by atoms with van der Waals surface area (Å²) in [5.41, 5.74) is 0.850. The van der Waals surface area contributed by atoms with Gasteiger partial charge in [-0.15, -0.1) is 0 Å². The number of carbonyl (C=O) groups is 1. The molecule has 0 radical (unpaired) electrons. The highest BCUT2D eigenvalue weighted by Crippen LogP contribution is 2.27. The van der Waals surface area contributed by atoms with Crippen LogP contribution in [-0.4, -0.2) is 37.5 Å². The minimum absolute atomic E-state index is 0.0501. The van der Waals surface area contributed by atoms with Crippen LogP contribution in [0.2, 0.25) is 0 Å². The van der Waals surface area contributed by atoms with Crippen molar-refractivity contribution in [1.82, 2.24) is 10.6 Å². The van der Waals surface area contributed by atoms with Gasteiger partial charge in [-0.3, -0.25) is 0 Å². The van der Waals surface area contributed by atoms with Gasteiger partial charge in [0.25, 0.3) is 0 Å². The Morgan fingerprint density at radius 2 is 1.71 bits per heavy atom. The Hall–Kier alpha value is -1.66. The number of urea groups is 1. The Balaban J connectivity index is 1.64. The zero-order valence-electron chi connectivity index (χ0n) is 14.0. The first-order valence-corrected chi connectivity index (χ1v) is 8.69. The maximum atomic E-state index is 13.2. The average molecular weight is 336 g/mol. The van der Waals surface area contributed by atoms with Crippen LogP contribution in [-0.2, 0) is 9.47 Å². The number of nitrogens with one attached hydrogen (secondary N) is 2. The van der Waals surface area contributed by atoms with E-state index in [4.69, 9.17) is 9.47 Å². The second-order valence-corrected chi connectivity index (χ2v) is 6.54. The van der Waals surface area contributed by atoms with Gasteiger partial charge in [-0.25, -0.2) is 9.18 Å². The molecule has 1 aromatic carbocycles. The van der Waals surface area contributed by atoms with Crippen molar-refractivity contribution in [3.63, 3.8) is 0 Å². The van der Waals surface area contributed by atoms with Crippen molar-refractivity contribution in [2.24, 2.45) is 0 Å². The van der Waals surface area contributed by atoms with Crippen LogP contribution in [0, 0.1) is 5.82 Å². The van der Waals surface area contributed by atoms with Crippen LogP contribution in [0.1, 0.15) is 44.2 Å². The minimum atomic E-state index is -0.290. The van der Waals surface area contributed by atoms with Crippen LogP contribution in [0.15, 0.2) is 24.3 Å². The number of rotatable bonds is 5. The highest BCUT2D eigenvalue weighted by molar-refractivity contribution is 5.75. The van der Waals surface area contributed by atoms with Crippen LogP contribution in [0.25, 0.3) is 0 Å². The molecule has 24 heavy (non-hydrogen) atoms. The molecule has 2 fully saturated rings. The fourth-order valence-corrected chi connectivity index (χ4v) is 3.41. The van der Waals surface area contributed by atoms with Crippen LogP contribution in [0.3, 0.4) is 0 Å². The molecule has 0 bridgehead atoms. The molecule has 3 rings (SSSR count). The first-order chi connectivity index (χ1) is 11.6. The molecule has 5 nitrogen and oxygen atoms in total. The Bertz CT molecular complexity index is 540. The zero-order valence-corrected chi connectivity index (χ0v) is 14.0. The van der Waals surface area contributed by atoms with Crippen LogP contribution in [0.4, 0.5) is 9.18 Å². The Morgan fingerprint density at radius 3 is 2.29 bits per heavy atom. The molecule has 1 aromatic rings. The number of halogens is 1. The third-order valence-corrected chi connectivity index (χ3v) is 4.73. The van der Waals surface area contributed by atoms with E-state index in [0.717, 1.165) is 37.9 Å². The second kappa shape index (κ2) is 7.94. The number of hydrogen-bond acceptors (Lipinski definition) is 3. The Kier molecular flexibility index (Phi) is 5.68. The monoisotopic (exact) mass is 336 g/mol. The highest BCUT2D eigenvalue weighted by Gasteiger charge is 2.30. The van der Waals surface area contributed by atoms with Crippen molar-refractivity contribution in [2.45, 2.75) is 56.9 Å². The van der Waals surface area contributed by atoms with E-state index in [1.165, 1.54) is 12.1 Å². The molecule has 2 aliphatic rings. The van der Waals surface area contributed by atoms with Gasteiger partial charge < -0.3 is 20.1 Å². The van der Waals surface area contributed by atoms with E-state index in [1.807, 2.05) is 6.92 Å². The number of carbonyl (C=O) groups excluding carboxylic acids is 1. The molecule has 2 N–H and O–H groups in total. The van der Waals surface area contributed by atoms with E-state index in [9.17, 15) is 9.18 Å². The molecule has 0 unspecified atom stereocenters. The third-order valence-electron chi connectivity index (χ3n) is 4.73. The Labute approximate surface area is 141 Å². The summed E-state index contributed by atoms with van der Waals surface area (Å²) in [6.07, 6.45) is 3.84. The number of ether oxygens (including phenoxy) is 2. The summed E-state index contributed by atoms with van der Waals surface area (Å²) in [7, 11) is 0. The molecule has 6 heteroatoms. The van der Waals surface area contributed by atoms with Gasteiger partial charge in [-0.2, -0.15) is 0 Å². The van der Waals surface area contributed by atoms with Gasteiger partial charge in [0, 0.05) is 13.2 Å². The molecule has 132 valence electrons. The molecule has 0 aliphatic carbocycles. The number of hydrogen-bond donors (Lipinski definition) is 2. The molecule has 4 atom stereocenters. The summed E-state index contributed by atoms with van der Waals surface area (Å²) in [6, 6.07) is 5.63. The topological polar surface area (TPSA) is 59.6 Å². The van der Waals surface area contributed by atoms with Gasteiger partial charge in [0.15, 0.2) is 0 Å². The standard InChI is InChI=1S/C18H25FN2O3/c1-12(15-4-2-10-23-15)20-18(22)21-17(16-5-3-11-24-16)13-6-8-14(19)9-7-13/h6-9,12,15-17H,2-5,10-11H2,1H3,(H2,20,21,22)/t12-,15+,16-,17+/m0/s1. The summed E-state index contributed by atoms with van der Waals surface area (Å²) in [5.74, 6) is -0.290. The molecule has 0 aromatic heterocycles. The van der Waals surface area contributed by atoms with Crippen molar-refractivity contribution >= 4 is 6.03 Å². The lowest BCUT2D eigenvalue weighted by atomic mass is 9.99. The van der Waals surface area contributed by atoms with Crippen molar-refractivity contribution in [3.05, 3.63) is 35.6 Å².